The molecule has 0 saturated carbocycles. The highest BCUT2D eigenvalue weighted by molar-refractivity contribution is 4.97. The molecule has 15 heavy (non-hydrogen) atoms. The van der Waals surface area contributed by atoms with Gasteiger partial charge in [-0.25, -0.2) is 0 Å². The fraction of sp³-hybridized carbons (Fsp3) is 1.00. The van der Waals surface area contributed by atoms with E-state index in [-0.39, 0.29) is 6.42 Å². The van der Waals surface area contributed by atoms with Crippen LogP contribution in [0.15, 0.2) is 0 Å². The Morgan fingerprint density at radius 2 is 1.93 bits per heavy atom. The third-order valence-electron chi connectivity index (χ3n) is 2.46. The second-order valence-electron chi connectivity index (χ2n) is 4.13. The van der Waals surface area contributed by atoms with E-state index in [0.29, 0.717) is 0 Å². The van der Waals surface area contributed by atoms with Gasteiger partial charge in [-0.1, -0.05) is 6.92 Å². The van der Waals surface area contributed by atoms with Crippen LogP contribution in [0.25, 0.3) is 0 Å². The summed E-state index contributed by atoms with van der Waals surface area (Å²) in [7, 11) is 0. The van der Waals surface area contributed by atoms with Crippen molar-refractivity contribution in [3.63, 3.8) is 0 Å². The third-order valence-corrected chi connectivity index (χ3v) is 2.46. The maximum atomic E-state index is 12.6. The Labute approximate surface area is 86.2 Å². The summed E-state index contributed by atoms with van der Waals surface area (Å²) in [4.78, 5) is 0. The molecule has 0 aromatic carbocycles. The minimum Gasteiger partial charge on any atom is -0.377 e. The van der Waals surface area contributed by atoms with Gasteiger partial charge < -0.3 is 14.6 Å². The van der Waals surface area contributed by atoms with E-state index in [1.807, 2.05) is 0 Å². The maximum Gasteiger partial charge on any atom is 0.422 e. The van der Waals surface area contributed by atoms with Gasteiger partial charge in [0.2, 0.25) is 5.60 Å². The zero-order valence-electron chi connectivity index (χ0n) is 8.89. The summed E-state index contributed by atoms with van der Waals surface area (Å²) < 4.78 is 47.7. The first-order valence-corrected chi connectivity index (χ1v) is 4.73. The predicted octanol–water partition coefficient (Wildman–Crippen LogP) is 1.84. The Balaban J connectivity index is 2.92. The van der Waals surface area contributed by atoms with Crippen molar-refractivity contribution >= 4 is 0 Å². The van der Waals surface area contributed by atoms with Crippen LogP contribution in [0.4, 0.5) is 13.2 Å². The molecule has 2 atom stereocenters. The lowest BCUT2D eigenvalue weighted by molar-refractivity contribution is -0.394. The van der Waals surface area contributed by atoms with E-state index in [2.05, 4.69) is 0 Å². The van der Waals surface area contributed by atoms with Gasteiger partial charge in [0.1, 0.15) is 6.10 Å². The summed E-state index contributed by atoms with van der Waals surface area (Å²) in [6, 6.07) is 0. The van der Waals surface area contributed by atoms with E-state index < -0.39 is 30.3 Å². The summed E-state index contributed by atoms with van der Waals surface area (Å²) in [6.07, 6.45) is -5.96. The zero-order chi connectivity index (χ0) is 11.9. The van der Waals surface area contributed by atoms with Crippen LogP contribution < -0.4 is 0 Å². The summed E-state index contributed by atoms with van der Waals surface area (Å²) in [5.74, 6) is -1.09. The average molecular weight is 228 g/mol. The molecule has 3 nitrogen and oxygen atoms in total. The molecule has 0 unspecified atom stereocenters. The lowest BCUT2D eigenvalue weighted by Gasteiger charge is -2.46. The molecule has 0 spiro atoms. The highest BCUT2D eigenvalue weighted by atomic mass is 19.4. The Bertz CT molecular complexity index is 239. The zero-order valence-corrected chi connectivity index (χ0v) is 8.89. The van der Waals surface area contributed by atoms with Crippen LogP contribution in [0.5, 0.6) is 0 Å². The van der Waals surface area contributed by atoms with Crippen LogP contribution in [0.1, 0.15) is 27.2 Å². The quantitative estimate of drug-likeness (QED) is 0.744. The molecule has 0 aromatic rings. The Hall–Kier alpha value is -0.330. The Kier molecular flexibility index (Phi) is 3.06. The maximum absolute atomic E-state index is 12.6. The van der Waals surface area contributed by atoms with Crippen LogP contribution in [-0.4, -0.2) is 35.4 Å². The van der Waals surface area contributed by atoms with Gasteiger partial charge in [-0.3, -0.25) is 0 Å². The van der Waals surface area contributed by atoms with Crippen LogP contribution in [0.2, 0.25) is 0 Å². The van der Waals surface area contributed by atoms with E-state index in [9.17, 15) is 18.3 Å². The molecule has 0 amide bonds. The molecule has 1 N–H and O–H groups in total. The minimum absolute atomic E-state index is 0.0722. The SMILES string of the molecule is CC[C@H]1OC(C)(C)OC[C@]1(O)C(F)(F)F. The van der Waals surface area contributed by atoms with E-state index >= 15 is 0 Å². The van der Waals surface area contributed by atoms with Gasteiger partial charge in [-0.2, -0.15) is 13.2 Å². The molecule has 1 saturated heterocycles. The molecule has 1 aliphatic heterocycles. The number of aliphatic hydroxyl groups is 1. The van der Waals surface area contributed by atoms with Gasteiger partial charge in [0, 0.05) is 0 Å². The van der Waals surface area contributed by atoms with Crippen molar-refractivity contribution in [3.8, 4) is 0 Å². The van der Waals surface area contributed by atoms with E-state index in [0.717, 1.165) is 0 Å². The highest BCUT2D eigenvalue weighted by Gasteiger charge is 2.62. The fourth-order valence-electron chi connectivity index (χ4n) is 1.54. The predicted molar refractivity (Wildman–Crippen MR) is 46.2 cm³/mol. The molecule has 0 radical (unpaired) electrons. The summed E-state index contributed by atoms with van der Waals surface area (Å²) >= 11 is 0. The first kappa shape index (κ1) is 12.7. The van der Waals surface area contributed by atoms with Crippen LogP contribution >= 0.6 is 0 Å². The lowest BCUT2D eigenvalue weighted by Crippen LogP contribution is -2.64. The van der Waals surface area contributed by atoms with E-state index in [1.54, 1.807) is 0 Å². The summed E-state index contributed by atoms with van der Waals surface area (Å²) in [5, 5.41) is 9.52. The van der Waals surface area contributed by atoms with E-state index in [1.165, 1.54) is 20.8 Å². The normalized spacial score (nSPS) is 36.6. The van der Waals surface area contributed by atoms with Crippen LogP contribution in [-0.2, 0) is 9.47 Å². The van der Waals surface area contributed by atoms with Crippen molar-refractivity contribution in [1.29, 1.82) is 0 Å². The fourth-order valence-corrected chi connectivity index (χ4v) is 1.54. The molecular weight excluding hydrogens is 213 g/mol. The minimum atomic E-state index is -4.75. The number of alkyl halides is 3. The van der Waals surface area contributed by atoms with Crippen LogP contribution in [0, 0.1) is 0 Å². The molecule has 0 aromatic heterocycles. The van der Waals surface area contributed by atoms with Crippen molar-refractivity contribution < 1.29 is 27.8 Å². The van der Waals surface area contributed by atoms with Gasteiger partial charge in [-0.05, 0) is 20.3 Å². The molecule has 90 valence electrons. The summed E-state index contributed by atoms with van der Waals surface area (Å²) in [6.45, 7) is 3.78. The van der Waals surface area contributed by atoms with Crippen molar-refractivity contribution in [2.75, 3.05) is 6.61 Å². The smallest absolute Gasteiger partial charge is 0.377 e. The van der Waals surface area contributed by atoms with Gasteiger partial charge >= 0.3 is 6.18 Å². The van der Waals surface area contributed by atoms with Crippen LogP contribution in [0.3, 0.4) is 0 Å². The number of rotatable bonds is 1. The largest absolute Gasteiger partial charge is 0.422 e. The molecule has 0 aliphatic carbocycles. The molecular formula is C9H15F3O3. The highest BCUT2D eigenvalue weighted by Crippen LogP contribution is 2.41. The summed E-state index contributed by atoms with van der Waals surface area (Å²) in [5.41, 5.74) is -2.91. The van der Waals surface area contributed by atoms with Gasteiger partial charge in [0.05, 0.1) is 6.61 Å². The van der Waals surface area contributed by atoms with Gasteiger partial charge in [0.25, 0.3) is 0 Å². The molecule has 1 rings (SSSR count). The van der Waals surface area contributed by atoms with E-state index in [4.69, 9.17) is 9.47 Å². The van der Waals surface area contributed by atoms with Crippen molar-refractivity contribution in [2.24, 2.45) is 0 Å². The first-order chi connectivity index (χ1) is 6.62. The standard InChI is InChI=1S/C9H15F3O3/c1-4-6-8(13,9(10,11)12)5-14-7(2,3)15-6/h6,13H,4-5H2,1-3H3/t6-,8-/m1/s1. The Morgan fingerprint density at radius 3 is 2.33 bits per heavy atom. The molecule has 1 fully saturated rings. The van der Waals surface area contributed by atoms with Gasteiger partial charge in [0.15, 0.2) is 5.79 Å². The monoisotopic (exact) mass is 228 g/mol. The molecule has 6 heteroatoms. The van der Waals surface area contributed by atoms with Crippen molar-refractivity contribution in [3.05, 3.63) is 0 Å². The number of halogens is 3. The van der Waals surface area contributed by atoms with Crippen molar-refractivity contribution in [1.82, 2.24) is 0 Å². The Morgan fingerprint density at radius 1 is 1.40 bits per heavy atom. The lowest BCUT2D eigenvalue weighted by atomic mass is 9.93. The second kappa shape index (κ2) is 3.61. The molecule has 0 bridgehead atoms. The third kappa shape index (κ3) is 2.26. The topological polar surface area (TPSA) is 38.7 Å². The average Bonchev–Trinajstić information content (AvgIpc) is 2.07. The molecule has 1 aliphatic rings. The first-order valence-electron chi connectivity index (χ1n) is 4.73. The second-order valence-corrected chi connectivity index (χ2v) is 4.13. The molecule has 1 heterocycles. The number of ether oxygens (including phenoxy) is 2. The van der Waals surface area contributed by atoms with Gasteiger partial charge in [-0.15, -0.1) is 0 Å². The number of hydrogen-bond acceptors (Lipinski definition) is 3. The van der Waals surface area contributed by atoms with Crippen molar-refractivity contribution in [2.45, 2.75) is 50.9 Å². The number of hydrogen-bond donors (Lipinski definition) is 1.